The molecule has 1 heterocycles. The number of carboxylic acid groups (broad SMARTS) is 1. The van der Waals surface area contributed by atoms with Gasteiger partial charge in [0, 0.05) is 6.54 Å². The summed E-state index contributed by atoms with van der Waals surface area (Å²) < 4.78 is 18.2. The van der Waals surface area contributed by atoms with E-state index in [1.54, 1.807) is 19.1 Å². The van der Waals surface area contributed by atoms with Crippen LogP contribution in [0, 0.1) is 12.7 Å². The molecule has 0 saturated heterocycles. The molecule has 0 bridgehead atoms. The molecule has 0 atom stereocenters. The van der Waals surface area contributed by atoms with Gasteiger partial charge in [-0.1, -0.05) is 0 Å². The zero-order chi connectivity index (χ0) is 18.2. The maximum atomic E-state index is 12.7. The van der Waals surface area contributed by atoms with Crippen LogP contribution in [0.2, 0.25) is 0 Å². The zero-order valence-electron chi connectivity index (χ0n) is 13.8. The molecule has 0 unspecified atom stereocenters. The lowest BCUT2D eigenvalue weighted by Crippen LogP contribution is -2.26. The van der Waals surface area contributed by atoms with Gasteiger partial charge in [0.25, 0.3) is 5.91 Å². The summed E-state index contributed by atoms with van der Waals surface area (Å²) in [5.74, 6) is -1.13. The van der Waals surface area contributed by atoms with Crippen molar-refractivity contribution >= 4 is 11.9 Å². The summed E-state index contributed by atoms with van der Waals surface area (Å²) in [5, 5.41) is 11.7. The molecule has 0 fully saturated rings. The third kappa shape index (κ3) is 5.56. The number of carbonyl (C=O) groups excluding carboxylic acids is 1. The normalized spacial score (nSPS) is 10.3. The van der Waals surface area contributed by atoms with E-state index in [4.69, 9.17) is 9.84 Å². The third-order valence-electron chi connectivity index (χ3n) is 3.49. The monoisotopic (exact) mass is 346 g/mol. The number of aromatic nitrogens is 1. The quantitative estimate of drug-likeness (QED) is 0.718. The highest BCUT2D eigenvalue weighted by molar-refractivity contribution is 5.94. The molecule has 1 amide bonds. The molecule has 25 heavy (non-hydrogen) atoms. The Balaban J connectivity index is 1.69. The lowest BCUT2D eigenvalue weighted by molar-refractivity contribution is 0.0694. The van der Waals surface area contributed by atoms with Gasteiger partial charge in [0.15, 0.2) is 0 Å². The van der Waals surface area contributed by atoms with Crippen LogP contribution in [0.3, 0.4) is 0 Å². The lowest BCUT2D eigenvalue weighted by atomic mass is 10.2. The van der Waals surface area contributed by atoms with Crippen LogP contribution in [0.1, 0.15) is 39.4 Å². The second-order valence-electron chi connectivity index (χ2n) is 5.40. The van der Waals surface area contributed by atoms with Gasteiger partial charge in [-0.2, -0.15) is 0 Å². The SMILES string of the molecule is Cc1nc(C(=O)NCCCCOc2ccc(F)cc2)ccc1C(=O)O. The third-order valence-corrected chi connectivity index (χ3v) is 3.49. The largest absolute Gasteiger partial charge is 0.494 e. The number of hydrogen-bond donors (Lipinski definition) is 2. The first-order valence-corrected chi connectivity index (χ1v) is 7.85. The summed E-state index contributed by atoms with van der Waals surface area (Å²) in [7, 11) is 0. The average molecular weight is 346 g/mol. The predicted octanol–water partition coefficient (Wildman–Crippen LogP) is 2.82. The van der Waals surface area contributed by atoms with Crippen molar-refractivity contribution < 1.29 is 23.8 Å². The molecule has 0 aliphatic rings. The minimum Gasteiger partial charge on any atom is -0.494 e. The molecule has 0 aliphatic heterocycles. The number of rotatable bonds is 8. The fourth-order valence-electron chi connectivity index (χ4n) is 2.15. The Hall–Kier alpha value is -2.96. The number of ether oxygens (including phenoxy) is 1. The number of aromatic carboxylic acids is 1. The van der Waals surface area contributed by atoms with Crippen LogP contribution in [0.25, 0.3) is 0 Å². The number of nitrogens with zero attached hydrogens (tertiary/aromatic N) is 1. The second kappa shape index (κ2) is 8.77. The van der Waals surface area contributed by atoms with Gasteiger partial charge < -0.3 is 15.2 Å². The molecule has 2 rings (SSSR count). The molecule has 0 radical (unpaired) electrons. The summed E-state index contributed by atoms with van der Waals surface area (Å²) in [6, 6.07) is 8.55. The van der Waals surface area contributed by atoms with Crippen LogP contribution >= 0.6 is 0 Å². The number of benzene rings is 1. The average Bonchev–Trinajstić information content (AvgIpc) is 2.58. The number of nitrogens with one attached hydrogen (secondary N) is 1. The van der Waals surface area contributed by atoms with E-state index in [2.05, 4.69) is 10.3 Å². The number of carboxylic acids is 1. The van der Waals surface area contributed by atoms with Crippen molar-refractivity contribution in [3.8, 4) is 5.75 Å². The summed E-state index contributed by atoms with van der Waals surface area (Å²) in [4.78, 5) is 26.9. The molecule has 2 N–H and O–H groups in total. The van der Waals surface area contributed by atoms with E-state index in [1.165, 1.54) is 24.3 Å². The van der Waals surface area contributed by atoms with Crippen molar-refractivity contribution in [3.63, 3.8) is 0 Å². The van der Waals surface area contributed by atoms with E-state index in [1.807, 2.05) is 0 Å². The maximum Gasteiger partial charge on any atom is 0.337 e. The van der Waals surface area contributed by atoms with E-state index in [9.17, 15) is 14.0 Å². The molecule has 6 nitrogen and oxygen atoms in total. The number of pyridine rings is 1. The number of carbonyl (C=O) groups is 2. The Bertz CT molecular complexity index is 747. The van der Waals surface area contributed by atoms with Gasteiger partial charge in [0.05, 0.1) is 17.9 Å². The summed E-state index contributed by atoms with van der Waals surface area (Å²) in [6.45, 7) is 2.46. The van der Waals surface area contributed by atoms with E-state index < -0.39 is 5.97 Å². The van der Waals surface area contributed by atoms with Gasteiger partial charge in [-0.3, -0.25) is 4.79 Å². The minimum atomic E-state index is -1.07. The number of halogens is 1. The standard InChI is InChI=1S/C18H19FN2O4/c1-12-15(18(23)24)8-9-16(21-12)17(22)20-10-2-3-11-25-14-6-4-13(19)5-7-14/h4-9H,2-3,10-11H2,1H3,(H,20,22)(H,23,24). The van der Waals surface area contributed by atoms with Crippen molar-refractivity contribution in [2.75, 3.05) is 13.2 Å². The smallest absolute Gasteiger partial charge is 0.337 e. The van der Waals surface area contributed by atoms with Crippen molar-refractivity contribution in [1.82, 2.24) is 10.3 Å². The van der Waals surface area contributed by atoms with Gasteiger partial charge in [-0.05, 0) is 56.2 Å². The van der Waals surface area contributed by atoms with Gasteiger partial charge in [0.2, 0.25) is 0 Å². The first-order chi connectivity index (χ1) is 12.0. The van der Waals surface area contributed by atoms with E-state index in [0.717, 1.165) is 6.42 Å². The molecular weight excluding hydrogens is 327 g/mol. The van der Waals surface area contributed by atoms with Crippen LogP contribution in [-0.2, 0) is 0 Å². The topological polar surface area (TPSA) is 88.5 Å². The van der Waals surface area contributed by atoms with Gasteiger partial charge >= 0.3 is 5.97 Å². The van der Waals surface area contributed by atoms with Gasteiger partial charge in [-0.25, -0.2) is 14.2 Å². The highest BCUT2D eigenvalue weighted by Gasteiger charge is 2.12. The molecule has 7 heteroatoms. The molecule has 0 saturated carbocycles. The van der Waals surface area contributed by atoms with Gasteiger partial charge in [0.1, 0.15) is 17.3 Å². The van der Waals surface area contributed by atoms with E-state index in [0.29, 0.717) is 31.0 Å². The number of hydrogen-bond acceptors (Lipinski definition) is 4. The van der Waals surface area contributed by atoms with Crippen LogP contribution in [-0.4, -0.2) is 35.1 Å². The molecule has 2 aromatic rings. The molecule has 1 aromatic carbocycles. The Kier molecular flexibility index (Phi) is 6.45. The van der Waals surface area contributed by atoms with E-state index in [-0.39, 0.29) is 23.0 Å². The summed E-state index contributed by atoms with van der Waals surface area (Å²) in [6.07, 6.45) is 1.43. The Labute approximate surface area is 144 Å². The van der Waals surface area contributed by atoms with Gasteiger partial charge in [-0.15, -0.1) is 0 Å². The highest BCUT2D eigenvalue weighted by atomic mass is 19.1. The molecule has 132 valence electrons. The van der Waals surface area contributed by atoms with Crippen LogP contribution in [0.15, 0.2) is 36.4 Å². The minimum absolute atomic E-state index is 0.0782. The number of unbranched alkanes of at least 4 members (excludes halogenated alkanes) is 1. The Morgan fingerprint density at radius 3 is 2.52 bits per heavy atom. The number of aryl methyl sites for hydroxylation is 1. The first kappa shape index (κ1) is 18.4. The van der Waals surface area contributed by atoms with Crippen LogP contribution in [0.4, 0.5) is 4.39 Å². The lowest BCUT2D eigenvalue weighted by Gasteiger charge is -2.08. The maximum absolute atomic E-state index is 12.7. The van der Waals surface area contributed by atoms with Crippen molar-refractivity contribution in [2.45, 2.75) is 19.8 Å². The fourth-order valence-corrected chi connectivity index (χ4v) is 2.15. The predicted molar refractivity (Wildman–Crippen MR) is 89.4 cm³/mol. The van der Waals surface area contributed by atoms with Crippen molar-refractivity contribution in [2.24, 2.45) is 0 Å². The van der Waals surface area contributed by atoms with Crippen molar-refractivity contribution in [1.29, 1.82) is 0 Å². The first-order valence-electron chi connectivity index (χ1n) is 7.85. The summed E-state index contributed by atoms with van der Waals surface area (Å²) in [5.41, 5.74) is 0.562. The second-order valence-corrected chi connectivity index (χ2v) is 5.40. The van der Waals surface area contributed by atoms with Crippen LogP contribution < -0.4 is 10.1 Å². The molecule has 0 spiro atoms. The molecule has 1 aromatic heterocycles. The highest BCUT2D eigenvalue weighted by Crippen LogP contribution is 2.11. The summed E-state index contributed by atoms with van der Waals surface area (Å²) >= 11 is 0. The Morgan fingerprint density at radius 1 is 1.16 bits per heavy atom. The number of amides is 1. The molecule has 0 aliphatic carbocycles. The fraction of sp³-hybridized carbons (Fsp3) is 0.278. The van der Waals surface area contributed by atoms with Crippen LogP contribution in [0.5, 0.6) is 5.75 Å². The van der Waals surface area contributed by atoms with Crippen molar-refractivity contribution in [3.05, 3.63) is 59.2 Å². The zero-order valence-corrected chi connectivity index (χ0v) is 13.8. The van der Waals surface area contributed by atoms with E-state index >= 15 is 0 Å². The molecular formula is C18H19FN2O4. The Morgan fingerprint density at radius 2 is 1.88 bits per heavy atom.